The number of hydrazone groups is 1. The Morgan fingerprint density at radius 2 is 1.61 bits per heavy atom. The second-order valence-electron chi connectivity index (χ2n) is 5.11. The normalized spacial score (nSPS) is 11.9. The van der Waals surface area contributed by atoms with Crippen molar-refractivity contribution >= 4 is 57.1 Å². The Bertz CT molecular complexity index is 903. The van der Waals surface area contributed by atoms with Crippen LogP contribution in [0.3, 0.4) is 0 Å². The molecule has 12 heteroatoms. The minimum absolute atomic E-state index is 0.309. The molecule has 2 rings (SSSR count). The molecule has 0 aliphatic rings. The number of hydrogen-bond donors (Lipinski definition) is 1. The van der Waals surface area contributed by atoms with E-state index in [2.05, 4.69) is 5.10 Å². The first-order chi connectivity index (χ1) is 13.0. The maximum Gasteiger partial charge on any atom is 0.422 e. The quantitative estimate of drug-likeness (QED) is 0.138. The summed E-state index contributed by atoms with van der Waals surface area (Å²) in [6.45, 7) is 2.04. The lowest BCUT2D eigenvalue weighted by Gasteiger charge is -2.13. The Kier molecular flexibility index (Phi) is 7.38. The van der Waals surface area contributed by atoms with Crippen molar-refractivity contribution in [2.45, 2.75) is 13.1 Å². The molecule has 0 aliphatic carbocycles. The summed E-state index contributed by atoms with van der Waals surface area (Å²) in [4.78, 5) is 0. The third-order valence-electron chi connectivity index (χ3n) is 3.25. The molecule has 0 amide bonds. The van der Waals surface area contributed by atoms with Crippen molar-refractivity contribution in [3.05, 3.63) is 53.7 Å². The third-order valence-corrected chi connectivity index (χ3v) is 4.68. The van der Waals surface area contributed by atoms with E-state index in [9.17, 15) is 30.7 Å². The van der Waals surface area contributed by atoms with Crippen molar-refractivity contribution in [2.75, 3.05) is 12.0 Å². The van der Waals surface area contributed by atoms with Gasteiger partial charge in [-0.25, -0.2) is 17.6 Å². The van der Waals surface area contributed by atoms with Gasteiger partial charge in [0.2, 0.25) is 0 Å². The molecule has 0 unspecified atom stereocenters. The number of nitrogens with zero attached hydrogens (tertiary/aromatic N) is 1. The molecule has 0 radical (unpaired) electrons. The molecule has 0 saturated carbocycles. The molecule has 2 aromatic rings. The Balaban J connectivity index is 2.44. The summed E-state index contributed by atoms with van der Waals surface area (Å²) in [5.74, 6) is -9.22. The molecule has 0 atom stereocenters. The second kappa shape index (κ2) is 9.00. The highest BCUT2D eigenvalue weighted by Crippen LogP contribution is 2.38. The number of anilines is 1. The molecule has 2 aromatic carbocycles. The SMILES string of the molecule is CCOc1c(I)cc(I)cc1/C=N\Nc1c(F)c(F)c(C(F)(F)F)c(F)c1F. The van der Waals surface area contributed by atoms with Crippen LogP contribution in [0.15, 0.2) is 17.2 Å². The fourth-order valence-electron chi connectivity index (χ4n) is 2.12. The van der Waals surface area contributed by atoms with Gasteiger partial charge in [-0.05, 0) is 64.2 Å². The molecule has 152 valence electrons. The Morgan fingerprint density at radius 1 is 1.04 bits per heavy atom. The standard InChI is InChI=1S/C16H9F7I2N2O/c1-2-28-15-6(3-7(24)4-8(15)25)5-26-27-14-12(19)10(17)9(16(21,22)23)11(18)13(14)20/h3-5,27H,2H2,1H3/b26-5-. The average Bonchev–Trinajstić information content (AvgIpc) is 2.58. The lowest BCUT2D eigenvalue weighted by atomic mass is 10.1. The van der Waals surface area contributed by atoms with Crippen molar-refractivity contribution in [3.63, 3.8) is 0 Å². The molecule has 0 bridgehead atoms. The molecule has 28 heavy (non-hydrogen) atoms. The predicted molar refractivity (Wildman–Crippen MR) is 106 cm³/mol. The van der Waals surface area contributed by atoms with E-state index in [1.807, 2.05) is 45.2 Å². The number of hydrogen-bond acceptors (Lipinski definition) is 3. The van der Waals surface area contributed by atoms with Gasteiger partial charge < -0.3 is 4.74 Å². The number of halogens is 9. The summed E-state index contributed by atoms with van der Waals surface area (Å²) >= 11 is 3.99. The van der Waals surface area contributed by atoms with Crippen LogP contribution in [0.4, 0.5) is 36.4 Å². The van der Waals surface area contributed by atoms with E-state index < -0.39 is 40.7 Å². The minimum Gasteiger partial charge on any atom is -0.492 e. The van der Waals surface area contributed by atoms with E-state index >= 15 is 0 Å². The number of rotatable bonds is 5. The van der Waals surface area contributed by atoms with Crippen molar-refractivity contribution in [1.82, 2.24) is 0 Å². The molecule has 0 aromatic heterocycles. The second-order valence-corrected chi connectivity index (χ2v) is 7.52. The Labute approximate surface area is 181 Å². The van der Waals surface area contributed by atoms with Gasteiger partial charge in [0.25, 0.3) is 0 Å². The number of nitrogens with one attached hydrogen (secondary N) is 1. The number of ether oxygens (including phenoxy) is 1. The maximum absolute atomic E-state index is 13.8. The van der Waals surface area contributed by atoms with Gasteiger partial charge in [-0.3, -0.25) is 5.43 Å². The van der Waals surface area contributed by atoms with Crippen LogP contribution < -0.4 is 10.2 Å². The highest BCUT2D eigenvalue weighted by molar-refractivity contribution is 14.1. The Morgan fingerprint density at radius 3 is 2.11 bits per heavy atom. The van der Waals surface area contributed by atoms with Gasteiger partial charge in [0.15, 0.2) is 23.3 Å². The highest BCUT2D eigenvalue weighted by atomic mass is 127. The fraction of sp³-hybridized carbons (Fsp3) is 0.188. The molecule has 0 heterocycles. The third kappa shape index (κ3) is 4.80. The lowest BCUT2D eigenvalue weighted by molar-refractivity contribution is -0.143. The zero-order valence-electron chi connectivity index (χ0n) is 13.7. The molecule has 0 fully saturated rings. The van der Waals surface area contributed by atoms with Crippen molar-refractivity contribution in [1.29, 1.82) is 0 Å². The fourth-order valence-corrected chi connectivity index (χ4v) is 4.16. The van der Waals surface area contributed by atoms with Gasteiger partial charge in [0.1, 0.15) is 17.0 Å². The number of benzene rings is 2. The van der Waals surface area contributed by atoms with Gasteiger partial charge >= 0.3 is 6.18 Å². The maximum atomic E-state index is 13.8. The number of alkyl halides is 3. The smallest absolute Gasteiger partial charge is 0.422 e. The summed E-state index contributed by atoms with van der Waals surface area (Å²) in [5, 5.41) is 3.48. The van der Waals surface area contributed by atoms with Gasteiger partial charge in [0.05, 0.1) is 16.4 Å². The molecular weight excluding hydrogens is 623 g/mol. The molecule has 3 nitrogen and oxygen atoms in total. The average molecular weight is 632 g/mol. The van der Waals surface area contributed by atoms with E-state index in [4.69, 9.17) is 4.74 Å². The monoisotopic (exact) mass is 632 g/mol. The Hall–Kier alpha value is -1.32. The molecule has 0 saturated heterocycles. The van der Waals surface area contributed by atoms with E-state index in [1.165, 1.54) is 0 Å². The van der Waals surface area contributed by atoms with Crippen molar-refractivity contribution in [3.8, 4) is 5.75 Å². The highest BCUT2D eigenvalue weighted by Gasteiger charge is 2.42. The van der Waals surface area contributed by atoms with Crippen molar-refractivity contribution in [2.24, 2.45) is 5.10 Å². The van der Waals surface area contributed by atoms with Crippen LogP contribution in [0, 0.1) is 30.4 Å². The van der Waals surface area contributed by atoms with E-state index in [1.54, 1.807) is 24.5 Å². The van der Waals surface area contributed by atoms with Crippen LogP contribution >= 0.6 is 45.2 Å². The zero-order chi connectivity index (χ0) is 21.2. The summed E-state index contributed by atoms with van der Waals surface area (Å²) in [6, 6.07) is 3.40. The van der Waals surface area contributed by atoms with Crippen LogP contribution in [-0.4, -0.2) is 12.8 Å². The summed E-state index contributed by atoms with van der Waals surface area (Å²) < 4.78 is 99.6. The summed E-state index contributed by atoms with van der Waals surface area (Å²) in [6.07, 6.45) is -4.55. The van der Waals surface area contributed by atoms with E-state index in [0.29, 0.717) is 21.5 Å². The van der Waals surface area contributed by atoms with Gasteiger partial charge in [0, 0.05) is 9.13 Å². The first-order valence-electron chi connectivity index (χ1n) is 7.33. The lowest BCUT2D eigenvalue weighted by Crippen LogP contribution is -2.16. The first-order valence-corrected chi connectivity index (χ1v) is 9.48. The molecule has 0 spiro atoms. The van der Waals surface area contributed by atoms with E-state index in [-0.39, 0.29) is 0 Å². The van der Waals surface area contributed by atoms with Gasteiger partial charge in [-0.15, -0.1) is 0 Å². The van der Waals surface area contributed by atoms with Crippen LogP contribution in [0.5, 0.6) is 5.75 Å². The zero-order valence-corrected chi connectivity index (χ0v) is 18.0. The topological polar surface area (TPSA) is 33.6 Å². The molecular formula is C16H9F7I2N2O. The predicted octanol–water partition coefficient (Wildman–Crippen LogP) is 6.32. The van der Waals surface area contributed by atoms with Gasteiger partial charge in [-0.2, -0.15) is 18.3 Å². The van der Waals surface area contributed by atoms with Crippen LogP contribution in [0.1, 0.15) is 18.1 Å². The first kappa shape index (κ1) is 23.0. The summed E-state index contributed by atoms with van der Waals surface area (Å²) in [5.41, 5.74) is -2.05. The largest absolute Gasteiger partial charge is 0.492 e. The van der Waals surface area contributed by atoms with Crippen LogP contribution in [-0.2, 0) is 6.18 Å². The van der Waals surface area contributed by atoms with Crippen molar-refractivity contribution < 1.29 is 35.5 Å². The van der Waals surface area contributed by atoms with Gasteiger partial charge in [-0.1, -0.05) is 0 Å². The molecule has 0 aliphatic heterocycles. The minimum atomic E-state index is -5.61. The van der Waals surface area contributed by atoms with Crippen LogP contribution in [0.2, 0.25) is 0 Å². The summed E-state index contributed by atoms with van der Waals surface area (Å²) in [7, 11) is 0. The molecule has 1 N–H and O–H groups in total. The van der Waals surface area contributed by atoms with E-state index in [0.717, 1.165) is 9.78 Å². The van der Waals surface area contributed by atoms with Crippen LogP contribution in [0.25, 0.3) is 0 Å².